The Labute approximate surface area is 199 Å². The summed E-state index contributed by atoms with van der Waals surface area (Å²) in [4.78, 5) is 24.1. The standard InChI is InChI=1S/C24H28ClN3O4S/c1-2-23(29)27-21-7-4-15-28(16-13-21)33(31,32)22-10-8-19(9-11-22)24(30)26-14-12-18-5-3-6-20(25)17-18/h2-3,5-6,8-11,17,21H,1,4,7,12-16H2,(H,26,30)(H,27,29). The van der Waals surface area contributed by atoms with E-state index in [0.29, 0.717) is 55.9 Å². The van der Waals surface area contributed by atoms with Gasteiger partial charge < -0.3 is 10.6 Å². The lowest BCUT2D eigenvalue weighted by atomic mass is 10.1. The fourth-order valence-corrected chi connectivity index (χ4v) is 5.46. The summed E-state index contributed by atoms with van der Waals surface area (Å²) in [6, 6.07) is 13.3. The van der Waals surface area contributed by atoms with E-state index in [2.05, 4.69) is 17.2 Å². The number of rotatable bonds is 8. The van der Waals surface area contributed by atoms with Crippen LogP contribution in [0.4, 0.5) is 0 Å². The summed E-state index contributed by atoms with van der Waals surface area (Å²) in [5.41, 5.74) is 1.41. The zero-order chi connectivity index (χ0) is 23.8. The summed E-state index contributed by atoms with van der Waals surface area (Å²) >= 11 is 5.97. The first-order valence-corrected chi connectivity index (χ1v) is 12.7. The molecule has 0 aromatic heterocycles. The summed E-state index contributed by atoms with van der Waals surface area (Å²) in [5.74, 6) is -0.519. The molecule has 1 atom stereocenters. The third-order valence-corrected chi connectivity index (χ3v) is 7.71. The largest absolute Gasteiger partial charge is 0.352 e. The summed E-state index contributed by atoms with van der Waals surface area (Å²) in [5, 5.41) is 6.33. The number of nitrogens with one attached hydrogen (secondary N) is 2. The quantitative estimate of drug-likeness (QED) is 0.557. The van der Waals surface area contributed by atoms with Crippen molar-refractivity contribution in [2.75, 3.05) is 19.6 Å². The van der Waals surface area contributed by atoms with E-state index < -0.39 is 10.0 Å². The van der Waals surface area contributed by atoms with Gasteiger partial charge in [0.1, 0.15) is 0 Å². The second kappa shape index (κ2) is 11.4. The third-order valence-electron chi connectivity index (χ3n) is 5.56. The molecule has 33 heavy (non-hydrogen) atoms. The molecule has 2 aromatic rings. The molecule has 176 valence electrons. The molecule has 2 N–H and O–H groups in total. The highest BCUT2D eigenvalue weighted by Gasteiger charge is 2.28. The lowest BCUT2D eigenvalue weighted by molar-refractivity contribution is -0.117. The SMILES string of the molecule is C=CC(=O)NC1CCCN(S(=O)(=O)c2ccc(C(=O)NCCc3cccc(Cl)c3)cc2)CC1. The monoisotopic (exact) mass is 489 g/mol. The Hall–Kier alpha value is -2.68. The van der Waals surface area contributed by atoms with Crippen molar-refractivity contribution in [2.24, 2.45) is 0 Å². The van der Waals surface area contributed by atoms with E-state index in [0.717, 1.165) is 5.56 Å². The minimum Gasteiger partial charge on any atom is -0.352 e. The summed E-state index contributed by atoms with van der Waals surface area (Å²) in [6.45, 7) is 4.58. The van der Waals surface area contributed by atoms with Crippen LogP contribution in [-0.4, -0.2) is 50.2 Å². The van der Waals surface area contributed by atoms with Gasteiger partial charge in [0.2, 0.25) is 15.9 Å². The van der Waals surface area contributed by atoms with Crippen molar-refractivity contribution in [1.29, 1.82) is 0 Å². The van der Waals surface area contributed by atoms with Crippen LogP contribution in [0.15, 0.2) is 66.1 Å². The minimum atomic E-state index is -3.69. The van der Waals surface area contributed by atoms with E-state index in [-0.39, 0.29) is 22.8 Å². The smallest absolute Gasteiger partial charge is 0.251 e. The molecule has 0 aliphatic carbocycles. The molecule has 1 saturated heterocycles. The Kier molecular flexibility index (Phi) is 8.66. The number of halogens is 1. The van der Waals surface area contributed by atoms with Crippen LogP contribution in [0.3, 0.4) is 0 Å². The second-order valence-electron chi connectivity index (χ2n) is 7.90. The first-order valence-electron chi connectivity index (χ1n) is 10.9. The molecule has 1 heterocycles. The maximum atomic E-state index is 13.1. The highest BCUT2D eigenvalue weighted by molar-refractivity contribution is 7.89. The fraction of sp³-hybridized carbons (Fsp3) is 0.333. The average molecular weight is 490 g/mol. The van der Waals surface area contributed by atoms with E-state index in [9.17, 15) is 18.0 Å². The van der Waals surface area contributed by atoms with Crippen LogP contribution in [0, 0.1) is 0 Å². The molecule has 0 bridgehead atoms. The molecule has 1 aliphatic rings. The normalized spacial score (nSPS) is 17.1. The first-order chi connectivity index (χ1) is 15.8. The molecule has 1 aliphatic heterocycles. The highest BCUT2D eigenvalue weighted by Crippen LogP contribution is 2.21. The zero-order valence-corrected chi connectivity index (χ0v) is 19.9. The number of carbonyl (C=O) groups is 2. The van der Waals surface area contributed by atoms with Crippen molar-refractivity contribution in [3.8, 4) is 0 Å². The first kappa shape index (κ1) is 25.0. The lowest BCUT2D eigenvalue weighted by Crippen LogP contribution is -2.36. The van der Waals surface area contributed by atoms with Gasteiger partial charge in [0.15, 0.2) is 0 Å². The molecule has 7 nitrogen and oxygen atoms in total. The number of nitrogens with zero attached hydrogens (tertiary/aromatic N) is 1. The van der Waals surface area contributed by atoms with E-state index in [1.165, 1.54) is 34.6 Å². The number of hydrogen-bond acceptors (Lipinski definition) is 4. The summed E-state index contributed by atoms with van der Waals surface area (Å²) < 4.78 is 27.6. The Morgan fingerprint density at radius 2 is 1.88 bits per heavy atom. The fourth-order valence-electron chi connectivity index (χ4n) is 3.76. The van der Waals surface area contributed by atoms with Gasteiger partial charge in [0.25, 0.3) is 5.91 Å². The van der Waals surface area contributed by atoms with E-state index >= 15 is 0 Å². The molecule has 0 saturated carbocycles. The van der Waals surface area contributed by atoms with Crippen LogP contribution in [0.2, 0.25) is 5.02 Å². The topological polar surface area (TPSA) is 95.6 Å². The Morgan fingerprint density at radius 1 is 1.12 bits per heavy atom. The van der Waals surface area contributed by atoms with Crippen LogP contribution < -0.4 is 10.6 Å². The molecule has 0 spiro atoms. The molecular formula is C24H28ClN3O4S. The van der Waals surface area contributed by atoms with Crippen molar-refractivity contribution in [3.63, 3.8) is 0 Å². The van der Waals surface area contributed by atoms with E-state index in [1.807, 2.05) is 18.2 Å². The van der Waals surface area contributed by atoms with Gasteiger partial charge >= 0.3 is 0 Å². The molecule has 9 heteroatoms. The van der Waals surface area contributed by atoms with E-state index in [1.54, 1.807) is 6.07 Å². The summed E-state index contributed by atoms with van der Waals surface area (Å²) in [7, 11) is -3.69. The number of carbonyl (C=O) groups excluding carboxylic acids is 2. The average Bonchev–Trinajstić information content (AvgIpc) is 3.05. The molecule has 2 amide bonds. The molecule has 0 radical (unpaired) electrons. The summed E-state index contributed by atoms with van der Waals surface area (Å²) in [6.07, 6.45) is 3.75. The van der Waals surface area contributed by atoms with Gasteiger partial charge in [0.05, 0.1) is 4.90 Å². The molecule has 1 fully saturated rings. The van der Waals surface area contributed by atoms with Crippen molar-refractivity contribution >= 4 is 33.4 Å². The molecule has 2 aromatic carbocycles. The minimum absolute atomic E-state index is 0.0753. The van der Waals surface area contributed by atoms with Crippen molar-refractivity contribution in [1.82, 2.24) is 14.9 Å². The van der Waals surface area contributed by atoms with Crippen LogP contribution in [0.25, 0.3) is 0 Å². The predicted octanol–water partition coefficient (Wildman–Crippen LogP) is 3.16. The second-order valence-corrected chi connectivity index (χ2v) is 10.3. The molecule has 1 unspecified atom stereocenters. The lowest BCUT2D eigenvalue weighted by Gasteiger charge is -2.20. The Morgan fingerprint density at radius 3 is 2.58 bits per heavy atom. The van der Waals surface area contributed by atoms with Crippen molar-refractivity contribution in [2.45, 2.75) is 36.6 Å². The molecule has 3 rings (SSSR count). The Balaban J connectivity index is 1.57. The molecular weight excluding hydrogens is 462 g/mol. The van der Waals surface area contributed by atoms with E-state index in [4.69, 9.17) is 11.6 Å². The zero-order valence-electron chi connectivity index (χ0n) is 18.3. The maximum Gasteiger partial charge on any atom is 0.251 e. The van der Waals surface area contributed by atoms with Gasteiger partial charge in [-0.2, -0.15) is 4.31 Å². The van der Waals surface area contributed by atoms with Crippen LogP contribution in [0.5, 0.6) is 0 Å². The van der Waals surface area contributed by atoms with Gasteiger partial charge in [0, 0.05) is 36.3 Å². The maximum absolute atomic E-state index is 13.1. The van der Waals surface area contributed by atoms with Gasteiger partial charge in [-0.3, -0.25) is 9.59 Å². The van der Waals surface area contributed by atoms with Gasteiger partial charge in [-0.25, -0.2) is 8.42 Å². The highest BCUT2D eigenvalue weighted by atomic mass is 35.5. The predicted molar refractivity (Wildman–Crippen MR) is 129 cm³/mol. The number of hydrogen-bond donors (Lipinski definition) is 2. The number of sulfonamides is 1. The van der Waals surface area contributed by atoms with Gasteiger partial charge in [-0.05, 0) is 73.7 Å². The third kappa shape index (κ3) is 6.90. The van der Waals surface area contributed by atoms with Crippen LogP contribution in [0.1, 0.15) is 35.2 Å². The number of benzene rings is 2. The van der Waals surface area contributed by atoms with Crippen LogP contribution >= 0.6 is 11.6 Å². The van der Waals surface area contributed by atoms with Crippen molar-refractivity contribution < 1.29 is 18.0 Å². The number of amides is 2. The Bertz CT molecular complexity index is 1100. The van der Waals surface area contributed by atoms with Gasteiger partial charge in [-0.15, -0.1) is 0 Å². The van der Waals surface area contributed by atoms with Crippen molar-refractivity contribution in [3.05, 3.63) is 77.3 Å². The van der Waals surface area contributed by atoms with Crippen LogP contribution in [-0.2, 0) is 21.2 Å². The van der Waals surface area contributed by atoms with Gasteiger partial charge in [-0.1, -0.05) is 30.3 Å².